The quantitative estimate of drug-likeness (QED) is 0.154. The van der Waals surface area contributed by atoms with Crippen LogP contribution in [-0.4, -0.2) is 52.1 Å². The highest BCUT2D eigenvalue weighted by atomic mass is 32.2. The number of aromatic nitrogens is 5. The molecule has 230 valence electrons. The van der Waals surface area contributed by atoms with Gasteiger partial charge in [-0.3, -0.25) is 10.1 Å². The third-order valence-corrected chi connectivity index (χ3v) is 9.68. The fraction of sp³-hybridized carbons (Fsp3) is 0.286. The first-order valence-electron chi connectivity index (χ1n) is 15.4. The maximum absolute atomic E-state index is 14.7. The summed E-state index contributed by atoms with van der Waals surface area (Å²) in [6, 6.07) is 16.9. The Morgan fingerprint density at radius 3 is 2.60 bits per heavy atom. The van der Waals surface area contributed by atoms with Crippen molar-refractivity contribution < 1.29 is 12.8 Å². The molecule has 1 fully saturated rings. The minimum atomic E-state index is -3.17. The van der Waals surface area contributed by atoms with Crippen LogP contribution in [0.2, 0.25) is 0 Å². The first-order chi connectivity index (χ1) is 21.8. The fourth-order valence-electron chi connectivity index (χ4n) is 6.44. The molecule has 6 aromatic rings. The molecule has 4 aromatic heterocycles. The van der Waals surface area contributed by atoms with E-state index in [4.69, 9.17) is 0 Å². The van der Waals surface area contributed by atoms with Crippen LogP contribution >= 0.6 is 0 Å². The van der Waals surface area contributed by atoms with E-state index < -0.39 is 15.7 Å². The molecule has 2 aromatic carbocycles. The van der Waals surface area contributed by atoms with Gasteiger partial charge < -0.3 is 10.3 Å². The van der Waals surface area contributed by atoms with Crippen LogP contribution in [0.25, 0.3) is 55.6 Å². The molecule has 1 aliphatic carbocycles. The van der Waals surface area contributed by atoms with E-state index in [1.807, 2.05) is 48.9 Å². The number of nitrogens with zero attached hydrogens (tertiary/aromatic N) is 3. The summed E-state index contributed by atoms with van der Waals surface area (Å²) in [5.74, 6) is 0.353. The Morgan fingerprint density at radius 2 is 1.76 bits per heavy atom. The van der Waals surface area contributed by atoms with Crippen molar-refractivity contribution in [3.8, 4) is 33.6 Å². The summed E-state index contributed by atoms with van der Waals surface area (Å²) < 4.78 is 38.1. The molecule has 7 rings (SSSR count). The molecule has 10 heteroatoms. The first-order valence-corrected chi connectivity index (χ1v) is 17.4. The lowest BCUT2D eigenvalue weighted by molar-refractivity contribution is 0.489. The van der Waals surface area contributed by atoms with E-state index >= 15 is 0 Å². The number of pyridine rings is 2. The predicted octanol–water partition coefficient (Wildman–Crippen LogP) is 6.84. The predicted molar refractivity (Wildman–Crippen MR) is 177 cm³/mol. The van der Waals surface area contributed by atoms with Crippen molar-refractivity contribution >= 4 is 31.8 Å². The van der Waals surface area contributed by atoms with Gasteiger partial charge in [-0.05, 0) is 90.4 Å². The molecule has 1 saturated carbocycles. The second kappa shape index (κ2) is 12.2. The molecule has 0 aliphatic heterocycles. The number of hydrogen-bond donors (Lipinski definition) is 3. The molecule has 0 amide bonds. The van der Waals surface area contributed by atoms with Crippen molar-refractivity contribution in [3.05, 3.63) is 90.1 Å². The molecule has 1 aliphatic rings. The molecule has 45 heavy (non-hydrogen) atoms. The largest absolute Gasteiger partial charge is 0.353 e. The minimum absolute atomic E-state index is 0.0328. The summed E-state index contributed by atoms with van der Waals surface area (Å²) in [7, 11) is -3.17. The zero-order valence-electron chi connectivity index (χ0n) is 25.1. The van der Waals surface area contributed by atoms with Gasteiger partial charge in [-0.25, -0.2) is 17.8 Å². The Labute approximate surface area is 261 Å². The van der Waals surface area contributed by atoms with Crippen LogP contribution < -0.4 is 5.32 Å². The van der Waals surface area contributed by atoms with Crippen LogP contribution in [-0.2, 0) is 22.8 Å². The minimum Gasteiger partial charge on any atom is -0.353 e. The van der Waals surface area contributed by atoms with Crippen molar-refractivity contribution in [3.63, 3.8) is 0 Å². The number of aryl methyl sites for hydroxylation is 1. The van der Waals surface area contributed by atoms with Gasteiger partial charge in [0, 0.05) is 58.8 Å². The maximum Gasteiger partial charge on any atom is 0.181 e. The van der Waals surface area contributed by atoms with Crippen molar-refractivity contribution in [2.24, 2.45) is 5.92 Å². The monoisotopic (exact) mass is 622 g/mol. The van der Waals surface area contributed by atoms with Gasteiger partial charge >= 0.3 is 0 Å². The lowest BCUT2D eigenvalue weighted by atomic mass is 9.98. The smallest absolute Gasteiger partial charge is 0.181 e. The SMILES string of the molecule is CS(=O)(=O)CCc1cc(F)cc(-c2cccc3[nH]c(-c4[nH]nc5ncc(-c6cncc(CNCC7CCCC7)c6)cc45)cc23)c1. The molecule has 8 nitrogen and oxygen atoms in total. The second-order valence-electron chi connectivity index (χ2n) is 12.2. The van der Waals surface area contributed by atoms with E-state index in [1.54, 1.807) is 0 Å². The fourth-order valence-corrected chi connectivity index (χ4v) is 7.04. The second-order valence-corrected chi connectivity index (χ2v) is 14.5. The van der Waals surface area contributed by atoms with Crippen molar-refractivity contribution in [2.45, 2.75) is 38.6 Å². The number of fused-ring (bicyclic) bond motifs is 2. The molecular formula is C35H35FN6O2S. The Kier molecular flexibility index (Phi) is 7.93. The molecule has 0 spiro atoms. The van der Waals surface area contributed by atoms with E-state index in [1.165, 1.54) is 44.1 Å². The number of aromatic amines is 2. The molecule has 4 heterocycles. The number of rotatable bonds is 10. The highest BCUT2D eigenvalue weighted by molar-refractivity contribution is 7.90. The topological polar surface area (TPSA) is 116 Å². The third-order valence-electron chi connectivity index (χ3n) is 8.74. The van der Waals surface area contributed by atoms with Gasteiger partial charge in [0.1, 0.15) is 15.7 Å². The van der Waals surface area contributed by atoms with Crippen LogP contribution in [0.1, 0.15) is 36.8 Å². The summed E-state index contributed by atoms with van der Waals surface area (Å²) in [5.41, 5.74) is 8.39. The van der Waals surface area contributed by atoms with Gasteiger partial charge in [-0.2, -0.15) is 5.10 Å². The molecule has 0 radical (unpaired) electrons. The maximum atomic E-state index is 14.7. The lowest BCUT2D eigenvalue weighted by Gasteiger charge is -2.11. The van der Waals surface area contributed by atoms with E-state index in [9.17, 15) is 12.8 Å². The summed E-state index contributed by atoms with van der Waals surface area (Å²) in [6.45, 7) is 1.83. The van der Waals surface area contributed by atoms with Crippen LogP contribution in [0.5, 0.6) is 0 Å². The van der Waals surface area contributed by atoms with Crippen LogP contribution in [0.15, 0.2) is 73.2 Å². The Hall–Kier alpha value is -4.41. The molecular weight excluding hydrogens is 587 g/mol. The van der Waals surface area contributed by atoms with Gasteiger partial charge in [0.2, 0.25) is 0 Å². The Balaban J connectivity index is 1.19. The van der Waals surface area contributed by atoms with Crippen LogP contribution in [0.3, 0.4) is 0 Å². The molecule has 0 unspecified atom stereocenters. The van der Waals surface area contributed by atoms with Crippen molar-refractivity contribution in [1.82, 2.24) is 30.5 Å². The number of H-pyrrole nitrogens is 2. The van der Waals surface area contributed by atoms with Gasteiger partial charge in [0.25, 0.3) is 0 Å². The van der Waals surface area contributed by atoms with Gasteiger partial charge in [-0.1, -0.05) is 31.0 Å². The van der Waals surface area contributed by atoms with E-state index in [0.717, 1.165) is 68.9 Å². The highest BCUT2D eigenvalue weighted by Crippen LogP contribution is 2.35. The first kappa shape index (κ1) is 29.3. The molecule has 3 N–H and O–H groups in total. The number of benzene rings is 2. The number of nitrogens with one attached hydrogen (secondary N) is 3. The third kappa shape index (κ3) is 6.53. The average Bonchev–Trinajstić information content (AvgIpc) is 3.79. The average molecular weight is 623 g/mol. The molecule has 0 atom stereocenters. The highest BCUT2D eigenvalue weighted by Gasteiger charge is 2.17. The van der Waals surface area contributed by atoms with Gasteiger partial charge in [0.05, 0.1) is 17.1 Å². The Bertz CT molecular complexity index is 2110. The lowest BCUT2D eigenvalue weighted by Crippen LogP contribution is -2.20. The van der Waals surface area contributed by atoms with Crippen LogP contribution in [0, 0.1) is 11.7 Å². The zero-order chi connectivity index (χ0) is 31.0. The number of hydrogen-bond acceptors (Lipinski definition) is 6. The molecule has 0 saturated heterocycles. The normalized spacial score (nSPS) is 14.2. The zero-order valence-corrected chi connectivity index (χ0v) is 25.9. The van der Waals surface area contributed by atoms with Crippen LogP contribution in [0.4, 0.5) is 4.39 Å². The standard InChI is InChI=1S/C35H35FN6O2S/c1-45(43,44)10-9-23-11-25(14-28(36)13-23)29-7-4-8-32-30(29)16-33(40-32)34-31-15-27(21-39-35(31)42-41-34)26-12-24(19-38-20-26)18-37-17-22-5-2-3-6-22/h4,7-8,11-16,19-22,37,40H,2-3,5-6,9-10,17-18H2,1H3,(H,39,41,42). The molecule has 0 bridgehead atoms. The van der Waals surface area contributed by atoms with E-state index in [2.05, 4.69) is 42.6 Å². The van der Waals surface area contributed by atoms with E-state index in [0.29, 0.717) is 16.8 Å². The Morgan fingerprint density at radius 1 is 0.933 bits per heavy atom. The summed E-state index contributed by atoms with van der Waals surface area (Å²) in [5, 5.41) is 13.0. The summed E-state index contributed by atoms with van der Waals surface area (Å²) >= 11 is 0. The van der Waals surface area contributed by atoms with E-state index in [-0.39, 0.29) is 12.2 Å². The summed E-state index contributed by atoms with van der Waals surface area (Å²) in [4.78, 5) is 12.6. The summed E-state index contributed by atoms with van der Waals surface area (Å²) in [6.07, 6.45) is 12.4. The number of halogens is 1. The van der Waals surface area contributed by atoms with Gasteiger partial charge in [-0.15, -0.1) is 0 Å². The van der Waals surface area contributed by atoms with Crippen molar-refractivity contribution in [1.29, 1.82) is 0 Å². The van der Waals surface area contributed by atoms with Gasteiger partial charge in [0.15, 0.2) is 5.65 Å². The number of sulfone groups is 1. The van der Waals surface area contributed by atoms with Crippen molar-refractivity contribution in [2.75, 3.05) is 18.6 Å².